The van der Waals surface area contributed by atoms with Gasteiger partial charge in [-0.3, -0.25) is 9.69 Å². The lowest BCUT2D eigenvalue weighted by Crippen LogP contribution is -2.49. The summed E-state index contributed by atoms with van der Waals surface area (Å²) in [4.78, 5) is 22.2. The molecule has 2 fully saturated rings. The molecule has 0 unspecified atom stereocenters. The van der Waals surface area contributed by atoms with Crippen LogP contribution in [0.15, 0.2) is 48.5 Å². The molecule has 5 rings (SSSR count). The zero-order chi connectivity index (χ0) is 24.2. The molecule has 3 aromatic rings. The number of para-hydroxylation sites is 1. The average molecular weight is 495 g/mol. The number of hydrogen-bond acceptors (Lipinski definition) is 7. The van der Waals surface area contributed by atoms with Gasteiger partial charge >= 0.3 is 0 Å². The van der Waals surface area contributed by atoms with Gasteiger partial charge in [-0.1, -0.05) is 48.0 Å². The molecule has 9 heteroatoms. The van der Waals surface area contributed by atoms with Crippen molar-refractivity contribution in [3.05, 3.63) is 59.2 Å². The summed E-state index contributed by atoms with van der Waals surface area (Å²) in [6.45, 7) is 7.94. The standard InChI is InChI=1S/C26H31ClN6O2/c1-35-19-18-30-10-12-33(13-11-30)26(34)24-20-6-2-3-7-21(20)25(29-28-24)32-16-14-31(15-17-32)23-9-5-4-8-22(23)27/h2-9H,10-19H2,1H3. The van der Waals surface area contributed by atoms with E-state index in [1.807, 2.05) is 47.4 Å². The maximum atomic E-state index is 13.4. The quantitative estimate of drug-likeness (QED) is 0.522. The normalized spacial score (nSPS) is 17.3. The third kappa shape index (κ3) is 5.05. The fraction of sp³-hybridized carbons (Fsp3) is 0.423. The molecule has 184 valence electrons. The van der Waals surface area contributed by atoms with Crippen LogP contribution in [0.3, 0.4) is 0 Å². The molecule has 2 aliphatic rings. The Kier molecular flexibility index (Phi) is 7.32. The summed E-state index contributed by atoms with van der Waals surface area (Å²) in [5.74, 6) is 0.788. The van der Waals surface area contributed by atoms with Gasteiger partial charge in [0.05, 0.1) is 17.3 Å². The second-order valence-electron chi connectivity index (χ2n) is 8.97. The molecule has 0 atom stereocenters. The molecule has 0 spiro atoms. The Hall–Kier alpha value is -2.94. The Balaban J connectivity index is 1.32. The van der Waals surface area contributed by atoms with Crippen LogP contribution in [0.5, 0.6) is 0 Å². The predicted octanol–water partition coefficient (Wildman–Crippen LogP) is 3.01. The molecule has 1 aromatic heterocycles. The van der Waals surface area contributed by atoms with Crippen molar-refractivity contribution in [1.29, 1.82) is 0 Å². The molecule has 0 bridgehead atoms. The van der Waals surface area contributed by atoms with Crippen molar-refractivity contribution in [1.82, 2.24) is 20.0 Å². The Morgan fingerprint density at radius 3 is 2.23 bits per heavy atom. The van der Waals surface area contributed by atoms with E-state index in [0.29, 0.717) is 25.4 Å². The predicted molar refractivity (Wildman–Crippen MR) is 140 cm³/mol. The summed E-state index contributed by atoms with van der Waals surface area (Å²) >= 11 is 6.41. The van der Waals surface area contributed by atoms with Gasteiger partial charge in [-0.15, -0.1) is 10.2 Å². The Morgan fingerprint density at radius 2 is 1.51 bits per heavy atom. The highest BCUT2D eigenvalue weighted by Crippen LogP contribution is 2.30. The summed E-state index contributed by atoms with van der Waals surface area (Å²) in [6, 6.07) is 15.9. The molecule has 0 aliphatic carbocycles. The van der Waals surface area contributed by atoms with E-state index < -0.39 is 0 Å². The summed E-state index contributed by atoms with van der Waals surface area (Å²) in [5, 5.41) is 11.6. The largest absolute Gasteiger partial charge is 0.383 e. The summed E-state index contributed by atoms with van der Waals surface area (Å²) in [6.07, 6.45) is 0. The lowest BCUT2D eigenvalue weighted by Gasteiger charge is -2.37. The number of rotatable bonds is 6. The summed E-state index contributed by atoms with van der Waals surface area (Å²) in [7, 11) is 1.71. The van der Waals surface area contributed by atoms with Gasteiger partial charge in [0, 0.05) is 76.8 Å². The van der Waals surface area contributed by atoms with E-state index in [0.717, 1.165) is 73.1 Å². The van der Waals surface area contributed by atoms with Crippen LogP contribution in [0.1, 0.15) is 10.5 Å². The number of nitrogens with zero attached hydrogens (tertiary/aromatic N) is 6. The molecule has 0 N–H and O–H groups in total. The number of anilines is 2. The van der Waals surface area contributed by atoms with Crippen LogP contribution in [0.25, 0.3) is 10.8 Å². The van der Waals surface area contributed by atoms with Crippen molar-refractivity contribution in [2.75, 3.05) is 82.4 Å². The van der Waals surface area contributed by atoms with Gasteiger partial charge in [0.15, 0.2) is 11.5 Å². The van der Waals surface area contributed by atoms with E-state index in [2.05, 4.69) is 31.0 Å². The molecule has 1 amide bonds. The van der Waals surface area contributed by atoms with E-state index in [9.17, 15) is 4.79 Å². The third-order valence-corrected chi connectivity index (χ3v) is 7.23. The first-order valence-corrected chi connectivity index (χ1v) is 12.5. The SMILES string of the molecule is COCCN1CCN(C(=O)c2nnc(N3CCN(c4ccccc4Cl)CC3)c3ccccc23)CC1. The molecule has 0 saturated carbocycles. The van der Waals surface area contributed by atoms with Gasteiger partial charge in [-0.25, -0.2) is 0 Å². The van der Waals surface area contributed by atoms with Crippen molar-refractivity contribution >= 4 is 39.8 Å². The van der Waals surface area contributed by atoms with Crippen molar-refractivity contribution < 1.29 is 9.53 Å². The topological polar surface area (TPSA) is 65.0 Å². The van der Waals surface area contributed by atoms with Crippen LogP contribution in [-0.4, -0.2) is 98.5 Å². The van der Waals surface area contributed by atoms with E-state index in [4.69, 9.17) is 16.3 Å². The summed E-state index contributed by atoms with van der Waals surface area (Å²) < 4.78 is 5.18. The van der Waals surface area contributed by atoms with Gasteiger partial charge in [0.2, 0.25) is 0 Å². The zero-order valence-electron chi connectivity index (χ0n) is 20.1. The molecule has 0 radical (unpaired) electrons. The van der Waals surface area contributed by atoms with Crippen LogP contribution >= 0.6 is 11.6 Å². The number of piperazine rings is 2. The van der Waals surface area contributed by atoms with Gasteiger partial charge in [-0.2, -0.15) is 0 Å². The smallest absolute Gasteiger partial charge is 0.275 e. The molecular formula is C26H31ClN6O2. The minimum absolute atomic E-state index is 0.0461. The van der Waals surface area contributed by atoms with Gasteiger partial charge in [0.1, 0.15) is 0 Å². The maximum Gasteiger partial charge on any atom is 0.275 e. The monoisotopic (exact) mass is 494 g/mol. The van der Waals surface area contributed by atoms with Gasteiger partial charge in [-0.05, 0) is 12.1 Å². The highest BCUT2D eigenvalue weighted by molar-refractivity contribution is 6.33. The van der Waals surface area contributed by atoms with Crippen molar-refractivity contribution in [3.8, 4) is 0 Å². The number of aromatic nitrogens is 2. The van der Waals surface area contributed by atoms with Crippen LogP contribution in [0, 0.1) is 0 Å². The Morgan fingerprint density at radius 1 is 0.857 bits per heavy atom. The van der Waals surface area contributed by atoms with Crippen molar-refractivity contribution in [2.24, 2.45) is 0 Å². The minimum Gasteiger partial charge on any atom is -0.383 e. The first kappa shape index (κ1) is 23.8. The second kappa shape index (κ2) is 10.8. The van der Waals surface area contributed by atoms with Crippen LogP contribution in [-0.2, 0) is 4.74 Å². The van der Waals surface area contributed by atoms with Gasteiger partial charge in [0.25, 0.3) is 5.91 Å². The lowest BCUT2D eigenvalue weighted by molar-refractivity contribution is 0.0590. The molecular weight excluding hydrogens is 464 g/mol. The van der Waals surface area contributed by atoms with Gasteiger partial charge < -0.3 is 19.4 Å². The minimum atomic E-state index is -0.0461. The molecule has 35 heavy (non-hydrogen) atoms. The highest BCUT2D eigenvalue weighted by atomic mass is 35.5. The third-order valence-electron chi connectivity index (χ3n) is 6.91. The van der Waals surface area contributed by atoms with Crippen LogP contribution in [0.2, 0.25) is 5.02 Å². The molecule has 2 aromatic carbocycles. The van der Waals surface area contributed by atoms with Crippen molar-refractivity contribution in [3.63, 3.8) is 0 Å². The first-order valence-electron chi connectivity index (χ1n) is 12.2. The number of ether oxygens (including phenoxy) is 1. The van der Waals surface area contributed by atoms with E-state index in [-0.39, 0.29) is 5.91 Å². The number of amides is 1. The van der Waals surface area contributed by atoms with Crippen molar-refractivity contribution in [2.45, 2.75) is 0 Å². The fourth-order valence-electron chi connectivity index (χ4n) is 4.89. The number of carbonyl (C=O) groups excluding carboxylic acids is 1. The highest BCUT2D eigenvalue weighted by Gasteiger charge is 2.27. The number of halogens is 1. The number of hydrogen-bond donors (Lipinski definition) is 0. The number of benzene rings is 2. The Labute approximate surface area is 211 Å². The zero-order valence-corrected chi connectivity index (χ0v) is 20.8. The van der Waals surface area contributed by atoms with E-state index >= 15 is 0 Å². The average Bonchev–Trinajstić information content (AvgIpc) is 2.92. The molecule has 8 nitrogen and oxygen atoms in total. The number of methoxy groups -OCH3 is 1. The van der Waals surface area contributed by atoms with E-state index in [1.165, 1.54) is 0 Å². The number of carbonyl (C=O) groups is 1. The molecule has 3 heterocycles. The van der Waals surface area contributed by atoms with Crippen LogP contribution < -0.4 is 9.80 Å². The maximum absolute atomic E-state index is 13.4. The first-order chi connectivity index (χ1) is 17.2. The summed E-state index contributed by atoms with van der Waals surface area (Å²) in [5.41, 5.74) is 1.50. The van der Waals surface area contributed by atoms with Crippen LogP contribution in [0.4, 0.5) is 11.5 Å². The molecule has 2 aliphatic heterocycles. The number of fused-ring (bicyclic) bond motifs is 1. The fourth-order valence-corrected chi connectivity index (χ4v) is 5.15. The lowest BCUT2D eigenvalue weighted by atomic mass is 10.1. The molecule has 2 saturated heterocycles. The Bertz CT molecular complexity index is 1180. The van der Waals surface area contributed by atoms with E-state index in [1.54, 1.807) is 7.11 Å². The second-order valence-corrected chi connectivity index (χ2v) is 9.38.